The lowest BCUT2D eigenvalue weighted by atomic mass is 10.3. The van der Waals surface area contributed by atoms with Crippen molar-refractivity contribution in [2.24, 2.45) is 14.1 Å². The molecule has 0 aliphatic rings. The quantitative estimate of drug-likeness (QED) is 0.607. The van der Waals surface area contributed by atoms with Crippen molar-refractivity contribution in [3.05, 3.63) is 49.8 Å². The highest BCUT2D eigenvalue weighted by Gasteiger charge is 2.19. The monoisotopic (exact) mass is 435 g/mol. The van der Waals surface area contributed by atoms with Crippen LogP contribution in [-0.4, -0.2) is 31.2 Å². The summed E-state index contributed by atoms with van der Waals surface area (Å²) in [5.41, 5.74) is -0.107. The van der Waals surface area contributed by atoms with E-state index >= 15 is 0 Å². The van der Waals surface area contributed by atoms with E-state index in [1.807, 2.05) is 13.0 Å². The molecule has 27 heavy (non-hydrogen) atoms. The Morgan fingerprint density at radius 3 is 2.63 bits per heavy atom. The molecule has 0 saturated carbocycles. The van der Waals surface area contributed by atoms with Gasteiger partial charge in [-0.2, -0.15) is 0 Å². The van der Waals surface area contributed by atoms with Crippen LogP contribution in [0.25, 0.3) is 11.2 Å². The first-order valence-corrected chi connectivity index (χ1v) is 8.97. The van der Waals surface area contributed by atoms with Crippen LogP contribution in [0.5, 0.6) is 5.75 Å². The van der Waals surface area contributed by atoms with Gasteiger partial charge >= 0.3 is 5.69 Å². The van der Waals surface area contributed by atoms with Crippen LogP contribution in [0.4, 0.5) is 5.69 Å². The van der Waals surface area contributed by atoms with Crippen molar-refractivity contribution >= 4 is 38.7 Å². The summed E-state index contributed by atoms with van der Waals surface area (Å²) in [6.07, 6.45) is 0. The molecule has 0 aliphatic carbocycles. The van der Waals surface area contributed by atoms with Gasteiger partial charge in [-0.1, -0.05) is 12.1 Å². The van der Waals surface area contributed by atoms with Crippen LogP contribution < -0.4 is 21.3 Å². The number of aromatic nitrogens is 4. The zero-order valence-electron chi connectivity index (χ0n) is 15.0. The lowest BCUT2D eigenvalue weighted by Crippen LogP contribution is -2.37. The van der Waals surface area contributed by atoms with Gasteiger partial charge in [0.2, 0.25) is 5.91 Å². The first kappa shape index (κ1) is 18.9. The second kappa shape index (κ2) is 7.39. The second-order valence-electron chi connectivity index (χ2n) is 5.82. The third-order valence-corrected chi connectivity index (χ3v) is 4.66. The molecular weight excluding hydrogens is 418 g/mol. The van der Waals surface area contributed by atoms with Crippen LogP contribution in [0.2, 0.25) is 0 Å². The van der Waals surface area contributed by atoms with Gasteiger partial charge in [-0.05, 0) is 35.0 Å². The highest BCUT2D eigenvalue weighted by Crippen LogP contribution is 2.24. The maximum absolute atomic E-state index is 12.6. The fraction of sp³-hybridized carbons (Fsp3) is 0.294. The molecule has 0 aliphatic heterocycles. The summed E-state index contributed by atoms with van der Waals surface area (Å²) in [6, 6.07) is 7.09. The summed E-state index contributed by atoms with van der Waals surface area (Å²) in [5, 5.41) is 2.78. The number of para-hydroxylation sites is 2. The molecule has 0 unspecified atom stereocenters. The first-order chi connectivity index (χ1) is 12.8. The number of rotatable bonds is 5. The van der Waals surface area contributed by atoms with E-state index in [1.165, 1.54) is 23.2 Å². The number of carbonyl (C=O) groups is 1. The van der Waals surface area contributed by atoms with Crippen LogP contribution in [0.3, 0.4) is 0 Å². The molecule has 0 atom stereocenters. The number of carbonyl (C=O) groups excluding carboxylic acids is 1. The van der Waals surface area contributed by atoms with Gasteiger partial charge in [0.05, 0.1) is 12.3 Å². The summed E-state index contributed by atoms with van der Waals surface area (Å²) in [6.45, 7) is 2.18. The molecule has 0 radical (unpaired) electrons. The minimum atomic E-state index is -0.519. The topological polar surface area (TPSA) is 100 Å². The number of benzene rings is 1. The SMILES string of the molecule is CCOc1ccccc1NC(=O)Cn1c(Br)nc2c(=O)n(C)c(=O)n(C)c21. The molecule has 1 amide bonds. The van der Waals surface area contributed by atoms with Gasteiger partial charge in [-0.3, -0.25) is 23.3 Å². The van der Waals surface area contributed by atoms with E-state index in [-0.39, 0.29) is 28.3 Å². The lowest BCUT2D eigenvalue weighted by Gasteiger charge is -2.13. The largest absolute Gasteiger partial charge is 0.492 e. The van der Waals surface area contributed by atoms with Crippen LogP contribution in [0.1, 0.15) is 6.92 Å². The van der Waals surface area contributed by atoms with Crippen molar-refractivity contribution in [1.82, 2.24) is 18.7 Å². The molecule has 10 heteroatoms. The van der Waals surface area contributed by atoms with Gasteiger partial charge < -0.3 is 10.1 Å². The number of fused-ring (bicyclic) bond motifs is 1. The number of imidazole rings is 1. The number of hydrogen-bond donors (Lipinski definition) is 1. The number of nitrogens with one attached hydrogen (secondary N) is 1. The first-order valence-electron chi connectivity index (χ1n) is 8.18. The predicted molar refractivity (Wildman–Crippen MR) is 104 cm³/mol. The Kier molecular flexibility index (Phi) is 5.17. The molecule has 9 nitrogen and oxygen atoms in total. The average molecular weight is 436 g/mol. The summed E-state index contributed by atoms with van der Waals surface area (Å²) < 4.78 is 9.51. The number of hydrogen-bond acceptors (Lipinski definition) is 5. The third-order valence-electron chi connectivity index (χ3n) is 4.06. The van der Waals surface area contributed by atoms with E-state index in [1.54, 1.807) is 18.2 Å². The van der Waals surface area contributed by atoms with Crippen molar-refractivity contribution in [3.63, 3.8) is 0 Å². The summed E-state index contributed by atoms with van der Waals surface area (Å²) in [5.74, 6) is 0.208. The van der Waals surface area contributed by atoms with E-state index in [9.17, 15) is 14.4 Å². The van der Waals surface area contributed by atoms with E-state index in [0.717, 1.165) is 4.57 Å². The van der Waals surface area contributed by atoms with E-state index in [0.29, 0.717) is 18.0 Å². The molecule has 0 saturated heterocycles. The Labute approximate surface area is 162 Å². The smallest absolute Gasteiger partial charge is 0.332 e. The zero-order valence-corrected chi connectivity index (χ0v) is 16.6. The molecule has 1 aromatic carbocycles. The van der Waals surface area contributed by atoms with Gasteiger partial charge in [0.25, 0.3) is 5.56 Å². The maximum Gasteiger partial charge on any atom is 0.332 e. The van der Waals surface area contributed by atoms with E-state index < -0.39 is 11.2 Å². The average Bonchev–Trinajstić information content (AvgIpc) is 2.96. The number of nitrogens with zero attached hydrogens (tertiary/aromatic N) is 4. The Hall–Kier alpha value is -2.88. The zero-order chi connectivity index (χ0) is 19.7. The van der Waals surface area contributed by atoms with Gasteiger partial charge in [0, 0.05) is 14.1 Å². The normalized spacial score (nSPS) is 11.0. The number of halogens is 1. The molecule has 2 aromatic heterocycles. The highest BCUT2D eigenvalue weighted by atomic mass is 79.9. The van der Waals surface area contributed by atoms with Crippen LogP contribution in [0, 0.1) is 0 Å². The number of aryl methyl sites for hydroxylation is 1. The van der Waals surface area contributed by atoms with Crippen molar-refractivity contribution in [2.45, 2.75) is 13.5 Å². The highest BCUT2D eigenvalue weighted by molar-refractivity contribution is 9.10. The minimum absolute atomic E-state index is 0.106. The Balaban J connectivity index is 1.98. The summed E-state index contributed by atoms with van der Waals surface area (Å²) in [7, 11) is 2.91. The van der Waals surface area contributed by atoms with Gasteiger partial charge in [-0.15, -0.1) is 0 Å². The van der Waals surface area contributed by atoms with Crippen molar-refractivity contribution in [3.8, 4) is 5.75 Å². The Morgan fingerprint density at radius 2 is 1.93 bits per heavy atom. The standard InChI is InChI=1S/C17H18BrN5O4/c1-4-27-11-8-6-5-7-10(11)19-12(24)9-23-14-13(20-16(23)18)15(25)22(3)17(26)21(14)2/h5-8H,4,9H2,1-3H3,(H,19,24). The molecule has 3 rings (SSSR count). The van der Waals surface area contributed by atoms with Crippen LogP contribution in [-0.2, 0) is 25.4 Å². The van der Waals surface area contributed by atoms with Gasteiger partial charge in [-0.25, -0.2) is 9.78 Å². The van der Waals surface area contributed by atoms with Crippen molar-refractivity contribution in [2.75, 3.05) is 11.9 Å². The molecule has 0 bridgehead atoms. The van der Waals surface area contributed by atoms with E-state index in [2.05, 4.69) is 26.2 Å². The Morgan fingerprint density at radius 1 is 1.22 bits per heavy atom. The third kappa shape index (κ3) is 3.39. The van der Waals surface area contributed by atoms with Gasteiger partial charge in [0.1, 0.15) is 12.3 Å². The summed E-state index contributed by atoms with van der Waals surface area (Å²) in [4.78, 5) is 41.2. The molecule has 1 N–H and O–H groups in total. The fourth-order valence-electron chi connectivity index (χ4n) is 2.79. The predicted octanol–water partition coefficient (Wildman–Crippen LogP) is 1.23. The van der Waals surface area contributed by atoms with Crippen LogP contribution >= 0.6 is 15.9 Å². The molecule has 3 aromatic rings. The number of amides is 1. The van der Waals surface area contributed by atoms with Crippen molar-refractivity contribution in [1.29, 1.82) is 0 Å². The van der Waals surface area contributed by atoms with Crippen molar-refractivity contribution < 1.29 is 9.53 Å². The summed E-state index contributed by atoms with van der Waals surface area (Å²) >= 11 is 3.26. The maximum atomic E-state index is 12.6. The number of anilines is 1. The number of ether oxygens (including phenoxy) is 1. The van der Waals surface area contributed by atoms with Gasteiger partial charge in [0.15, 0.2) is 15.9 Å². The Bertz CT molecular complexity index is 1140. The molecule has 142 valence electrons. The molecular formula is C17H18BrN5O4. The molecule has 0 fully saturated rings. The molecule has 0 spiro atoms. The lowest BCUT2D eigenvalue weighted by molar-refractivity contribution is -0.116. The fourth-order valence-corrected chi connectivity index (χ4v) is 3.26. The second-order valence-corrected chi connectivity index (χ2v) is 6.53. The molecule has 2 heterocycles. The van der Waals surface area contributed by atoms with Crippen LogP contribution in [0.15, 0.2) is 38.6 Å². The minimum Gasteiger partial charge on any atom is -0.492 e. The van der Waals surface area contributed by atoms with E-state index in [4.69, 9.17) is 4.74 Å².